The molecule has 0 atom stereocenters. The fourth-order valence-corrected chi connectivity index (χ4v) is 4.39. The Balaban J connectivity index is 1.29. The molecule has 1 saturated carbocycles. The summed E-state index contributed by atoms with van der Waals surface area (Å²) in [6, 6.07) is 0.770. The van der Waals surface area contributed by atoms with Gasteiger partial charge in [0.15, 0.2) is 5.79 Å². The number of rotatable bonds is 1. The van der Waals surface area contributed by atoms with Crippen LogP contribution < -0.4 is 0 Å². The van der Waals surface area contributed by atoms with E-state index in [1.54, 1.807) is 0 Å². The van der Waals surface area contributed by atoms with Gasteiger partial charge in [-0.1, -0.05) is 0 Å². The third-order valence-electron chi connectivity index (χ3n) is 5.68. The van der Waals surface area contributed by atoms with Gasteiger partial charge in [0, 0.05) is 50.6 Å². The number of likely N-dealkylation sites (tertiary alicyclic amines) is 1. The molecule has 4 rings (SSSR count). The number of nitrogens with zero attached hydrogens (tertiary/aromatic N) is 1. The fraction of sp³-hybridized carbons (Fsp3) is 1.00. The summed E-state index contributed by atoms with van der Waals surface area (Å²) in [4.78, 5) is 2.70. The van der Waals surface area contributed by atoms with Crippen molar-refractivity contribution in [3.05, 3.63) is 0 Å². The van der Waals surface area contributed by atoms with Gasteiger partial charge in [0.2, 0.25) is 0 Å². The minimum Gasteiger partial charge on any atom is -0.381 e. The van der Waals surface area contributed by atoms with Crippen LogP contribution in [0.25, 0.3) is 0 Å². The van der Waals surface area contributed by atoms with Gasteiger partial charge in [-0.15, -0.1) is 0 Å². The Kier molecular flexibility index (Phi) is 3.10. The second-order valence-corrected chi connectivity index (χ2v) is 6.86. The molecule has 2 spiro atoms. The Morgan fingerprint density at radius 2 is 1.42 bits per heavy atom. The summed E-state index contributed by atoms with van der Waals surface area (Å²) in [5.74, 6) is -0.197. The summed E-state index contributed by atoms with van der Waals surface area (Å²) in [6.45, 7) is 6.13. The van der Waals surface area contributed by atoms with Gasteiger partial charge in [-0.2, -0.15) is 0 Å². The SMILES string of the molecule is C1CC2(CCO1)CN(C1CCC3(CC1)OCCO3)C2. The number of hydrogen-bond donors (Lipinski definition) is 0. The first kappa shape index (κ1) is 12.6. The zero-order valence-corrected chi connectivity index (χ0v) is 11.7. The molecule has 0 bridgehead atoms. The minimum atomic E-state index is -0.197. The minimum absolute atomic E-state index is 0.197. The maximum atomic E-state index is 5.81. The molecule has 108 valence electrons. The molecule has 0 amide bonds. The van der Waals surface area contributed by atoms with Gasteiger partial charge in [0.1, 0.15) is 0 Å². The Morgan fingerprint density at radius 3 is 2.05 bits per heavy atom. The molecule has 3 heterocycles. The fourth-order valence-electron chi connectivity index (χ4n) is 4.39. The lowest BCUT2D eigenvalue weighted by atomic mass is 9.71. The molecule has 0 radical (unpaired) electrons. The first-order valence-electron chi connectivity index (χ1n) is 7.89. The highest BCUT2D eigenvalue weighted by molar-refractivity contribution is 5.00. The van der Waals surface area contributed by atoms with E-state index in [0.29, 0.717) is 5.41 Å². The number of ether oxygens (including phenoxy) is 3. The van der Waals surface area contributed by atoms with E-state index in [9.17, 15) is 0 Å². The van der Waals surface area contributed by atoms with Crippen molar-refractivity contribution in [2.24, 2.45) is 5.41 Å². The van der Waals surface area contributed by atoms with E-state index in [1.807, 2.05) is 0 Å². The van der Waals surface area contributed by atoms with Crippen molar-refractivity contribution >= 4 is 0 Å². The van der Waals surface area contributed by atoms with Gasteiger partial charge in [-0.3, -0.25) is 4.90 Å². The molecular weight excluding hydrogens is 242 g/mol. The average molecular weight is 267 g/mol. The van der Waals surface area contributed by atoms with E-state index in [0.717, 1.165) is 45.3 Å². The molecule has 4 fully saturated rings. The van der Waals surface area contributed by atoms with Crippen molar-refractivity contribution in [1.82, 2.24) is 4.90 Å². The summed E-state index contributed by atoms with van der Waals surface area (Å²) < 4.78 is 17.1. The topological polar surface area (TPSA) is 30.9 Å². The van der Waals surface area contributed by atoms with E-state index >= 15 is 0 Å². The molecule has 0 N–H and O–H groups in total. The zero-order chi connectivity index (χ0) is 12.8. The highest BCUT2D eigenvalue weighted by Gasteiger charge is 2.48. The van der Waals surface area contributed by atoms with Crippen molar-refractivity contribution < 1.29 is 14.2 Å². The maximum absolute atomic E-state index is 5.81. The maximum Gasteiger partial charge on any atom is 0.168 e. The van der Waals surface area contributed by atoms with Gasteiger partial charge in [0.25, 0.3) is 0 Å². The van der Waals surface area contributed by atoms with Gasteiger partial charge in [-0.05, 0) is 25.7 Å². The van der Waals surface area contributed by atoms with E-state index in [-0.39, 0.29) is 5.79 Å². The number of hydrogen-bond acceptors (Lipinski definition) is 4. The van der Waals surface area contributed by atoms with Crippen molar-refractivity contribution in [1.29, 1.82) is 0 Å². The smallest absolute Gasteiger partial charge is 0.168 e. The average Bonchev–Trinajstić information content (AvgIpc) is 2.87. The van der Waals surface area contributed by atoms with E-state index in [1.165, 1.54) is 38.8 Å². The van der Waals surface area contributed by atoms with Crippen LogP contribution in [0.4, 0.5) is 0 Å². The lowest BCUT2D eigenvalue weighted by Gasteiger charge is -2.56. The standard InChI is InChI=1S/C15H25NO3/c1-3-15(18-9-10-19-15)4-2-13(1)16-11-14(12-16)5-7-17-8-6-14/h13H,1-12H2. The normalized spacial score (nSPS) is 34.7. The van der Waals surface area contributed by atoms with Crippen LogP contribution in [0, 0.1) is 5.41 Å². The highest BCUT2D eigenvalue weighted by atomic mass is 16.7. The van der Waals surface area contributed by atoms with Crippen molar-refractivity contribution in [2.45, 2.75) is 50.4 Å². The van der Waals surface area contributed by atoms with E-state index < -0.39 is 0 Å². The Morgan fingerprint density at radius 1 is 0.789 bits per heavy atom. The zero-order valence-electron chi connectivity index (χ0n) is 11.7. The third-order valence-corrected chi connectivity index (χ3v) is 5.68. The van der Waals surface area contributed by atoms with Gasteiger partial charge in [-0.25, -0.2) is 0 Å². The van der Waals surface area contributed by atoms with Crippen LogP contribution in [0.15, 0.2) is 0 Å². The monoisotopic (exact) mass is 267 g/mol. The van der Waals surface area contributed by atoms with Crippen LogP contribution in [-0.2, 0) is 14.2 Å². The Hall–Kier alpha value is -0.160. The molecule has 19 heavy (non-hydrogen) atoms. The van der Waals surface area contributed by atoms with Gasteiger partial charge < -0.3 is 14.2 Å². The predicted molar refractivity (Wildman–Crippen MR) is 71.0 cm³/mol. The molecule has 3 aliphatic heterocycles. The van der Waals surface area contributed by atoms with Crippen molar-refractivity contribution in [3.63, 3.8) is 0 Å². The lowest BCUT2D eigenvalue weighted by Crippen LogP contribution is -2.62. The van der Waals surface area contributed by atoms with E-state index in [2.05, 4.69) is 4.90 Å². The third kappa shape index (κ3) is 2.23. The largest absolute Gasteiger partial charge is 0.381 e. The summed E-state index contributed by atoms with van der Waals surface area (Å²) in [5.41, 5.74) is 0.605. The van der Waals surface area contributed by atoms with Crippen LogP contribution in [0.1, 0.15) is 38.5 Å². The molecule has 0 aromatic rings. The second-order valence-electron chi connectivity index (χ2n) is 6.86. The summed E-state index contributed by atoms with van der Waals surface area (Å²) in [6.07, 6.45) is 7.20. The van der Waals surface area contributed by atoms with Crippen LogP contribution >= 0.6 is 0 Å². The summed E-state index contributed by atoms with van der Waals surface area (Å²) in [5, 5.41) is 0. The van der Waals surface area contributed by atoms with Crippen LogP contribution in [-0.4, -0.2) is 56.2 Å². The lowest BCUT2D eigenvalue weighted by molar-refractivity contribution is -0.192. The van der Waals surface area contributed by atoms with Crippen molar-refractivity contribution in [2.75, 3.05) is 39.5 Å². The molecule has 4 nitrogen and oxygen atoms in total. The molecule has 1 aliphatic carbocycles. The van der Waals surface area contributed by atoms with Gasteiger partial charge in [0.05, 0.1) is 13.2 Å². The molecule has 4 heteroatoms. The molecule has 4 aliphatic rings. The van der Waals surface area contributed by atoms with Crippen molar-refractivity contribution in [3.8, 4) is 0 Å². The summed E-state index contributed by atoms with van der Waals surface area (Å²) in [7, 11) is 0. The van der Waals surface area contributed by atoms with Crippen LogP contribution in [0.5, 0.6) is 0 Å². The predicted octanol–water partition coefficient (Wildman–Crippen LogP) is 1.78. The first-order valence-corrected chi connectivity index (χ1v) is 7.89. The van der Waals surface area contributed by atoms with Crippen LogP contribution in [0.2, 0.25) is 0 Å². The molecule has 0 unspecified atom stereocenters. The van der Waals surface area contributed by atoms with Gasteiger partial charge >= 0.3 is 0 Å². The molecule has 0 aromatic carbocycles. The molecule has 0 aromatic heterocycles. The Bertz CT molecular complexity index is 316. The van der Waals surface area contributed by atoms with E-state index in [4.69, 9.17) is 14.2 Å². The second kappa shape index (κ2) is 4.69. The molecule has 3 saturated heterocycles. The molecular formula is C15H25NO3. The Labute approximate surface area is 115 Å². The highest BCUT2D eigenvalue weighted by Crippen LogP contribution is 2.45. The quantitative estimate of drug-likeness (QED) is 0.725. The van der Waals surface area contributed by atoms with Crippen LogP contribution in [0.3, 0.4) is 0 Å². The first-order chi connectivity index (χ1) is 9.29. The summed E-state index contributed by atoms with van der Waals surface area (Å²) >= 11 is 0.